The summed E-state index contributed by atoms with van der Waals surface area (Å²) in [6.07, 6.45) is 6.47. The fourth-order valence-corrected chi connectivity index (χ4v) is 0.521. The zero-order chi connectivity index (χ0) is 7.11. The average molecular weight is 127 g/mol. The second-order valence-corrected chi connectivity index (χ2v) is 1.95. The summed E-state index contributed by atoms with van der Waals surface area (Å²) < 4.78 is 0. The monoisotopic (exact) mass is 127 g/mol. The molecular weight excluding hydrogens is 114 g/mol. The number of primary amides is 1. The Bertz CT molecular complexity index is 107. The molecule has 0 aromatic carbocycles. The van der Waals surface area contributed by atoms with Crippen LogP contribution in [0.15, 0.2) is 12.2 Å². The molecule has 0 atom stereocenters. The number of unbranched alkanes of at least 4 members (excludes halogenated alkanes) is 2. The third kappa shape index (κ3) is 7.21. The number of carbonyl (C=O) groups excluding carboxylic acids is 1. The van der Waals surface area contributed by atoms with Crippen molar-refractivity contribution in [2.75, 3.05) is 0 Å². The largest absolute Gasteiger partial charge is 0.366 e. The average Bonchev–Trinajstić information content (AvgIpc) is 1.80. The second kappa shape index (κ2) is 5.35. The molecule has 2 N–H and O–H groups in total. The Balaban J connectivity index is 3.15. The van der Waals surface area contributed by atoms with E-state index in [1.165, 1.54) is 6.08 Å². The summed E-state index contributed by atoms with van der Waals surface area (Å²) in [4.78, 5) is 10.1. The first-order valence-corrected chi connectivity index (χ1v) is 3.23. The van der Waals surface area contributed by atoms with Crippen LogP contribution in [0, 0.1) is 0 Å². The molecule has 0 radical (unpaired) electrons. The van der Waals surface area contributed by atoms with Gasteiger partial charge in [0, 0.05) is 0 Å². The molecule has 0 saturated heterocycles. The van der Waals surface area contributed by atoms with E-state index < -0.39 is 0 Å². The first-order chi connectivity index (χ1) is 4.27. The fraction of sp³-hybridized carbons (Fsp3) is 0.571. The highest BCUT2D eigenvalue weighted by molar-refractivity contribution is 5.85. The fourth-order valence-electron chi connectivity index (χ4n) is 0.521. The van der Waals surface area contributed by atoms with Crippen molar-refractivity contribution < 1.29 is 4.79 Å². The maximum atomic E-state index is 10.1. The van der Waals surface area contributed by atoms with Gasteiger partial charge in [-0.05, 0) is 12.5 Å². The number of nitrogens with two attached hydrogens (primary N) is 1. The molecule has 52 valence electrons. The van der Waals surface area contributed by atoms with Gasteiger partial charge in [0.2, 0.25) is 5.91 Å². The molecule has 0 aliphatic rings. The van der Waals surface area contributed by atoms with Crippen LogP contribution in [0.2, 0.25) is 0 Å². The van der Waals surface area contributed by atoms with Crippen molar-refractivity contribution >= 4 is 5.91 Å². The lowest BCUT2D eigenvalue weighted by Crippen LogP contribution is -2.05. The van der Waals surface area contributed by atoms with E-state index in [2.05, 4.69) is 6.92 Å². The summed E-state index contributed by atoms with van der Waals surface area (Å²) in [5.74, 6) is -0.355. The molecule has 0 unspecified atom stereocenters. The van der Waals surface area contributed by atoms with Gasteiger partial charge in [-0.2, -0.15) is 0 Å². The first kappa shape index (κ1) is 8.21. The van der Waals surface area contributed by atoms with Crippen molar-refractivity contribution in [3.63, 3.8) is 0 Å². The maximum absolute atomic E-state index is 10.1. The van der Waals surface area contributed by atoms with Crippen LogP contribution in [0.1, 0.15) is 26.2 Å². The molecule has 2 nitrogen and oxygen atoms in total. The molecular formula is C7H13NO. The van der Waals surface area contributed by atoms with E-state index in [9.17, 15) is 4.79 Å². The van der Waals surface area contributed by atoms with Crippen molar-refractivity contribution in [1.82, 2.24) is 0 Å². The number of hydrogen-bond acceptors (Lipinski definition) is 1. The minimum absolute atomic E-state index is 0.355. The van der Waals surface area contributed by atoms with Gasteiger partial charge >= 0.3 is 0 Å². The Morgan fingerprint density at radius 1 is 1.67 bits per heavy atom. The summed E-state index contributed by atoms with van der Waals surface area (Å²) in [6.45, 7) is 2.11. The Labute approximate surface area is 55.7 Å². The zero-order valence-corrected chi connectivity index (χ0v) is 5.76. The first-order valence-electron chi connectivity index (χ1n) is 3.23. The molecule has 0 saturated carbocycles. The van der Waals surface area contributed by atoms with Gasteiger partial charge in [0.1, 0.15) is 0 Å². The Kier molecular flexibility index (Phi) is 4.88. The topological polar surface area (TPSA) is 43.1 Å². The van der Waals surface area contributed by atoms with Crippen LogP contribution in [0.5, 0.6) is 0 Å². The Morgan fingerprint density at radius 3 is 2.78 bits per heavy atom. The van der Waals surface area contributed by atoms with Crippen LogP contribution in [0.3, 0.4) is 0 Å². The summed E-state index contributed by atoms with van der Waals surface area (Å²) >= 11 is 0. The number of hydrogen-bond donors (Lipinski definition) is 1. The number of rotatable bonds is 4. The quantitative estimate of drug-likeness (QED) is 0.447. The van der Waals surface area contributed by atoms with Gasteiger partial charge in [-0.1, -0.05) is 25.8 Å². The van der Waals surface area contributed by atoms with Gasteiger partial charge in [-0.3, -0.25) is 4.79 Å². The SMILES string of the molecule is CCCCC=CC(N)=O. The molecule has 2 heteroatoms. The van der Waals surface area contributed by atoms with Crippen molar-refractivity contribution in [2.45, 2.75) is 26.2 Å². The highest BCUT2D eigenvalue weighted by atomic mass is 16.1. The highest BCUT2D eigenvalue weighted by Crippen LogP contribution is 1.93. The van der Waals surface area contributed by atoms with E-state index in [4.69, 9.17) is 5.73 Å². The molecule has 0 spiro atoms. The molecule has 1 amide bonds. The standard InChI is InChI=1S/C7H13NO/c1-2-3-4-5-6-7(8)9/h5-6H,2-4H2,1H3,(H2,8,9). The number of allylic oxidation sites excluding steroid dienone is 1. The van der Waals surface area contributed by atoms with Gasteiger partial charge in [-0.15, -0.1) is 0 Å². The maximum Gasteiger partial charge on any atom is 0.241 e. The van der Waals surface area contributed by atoms with Gasteiger partial charge in [0.05, 0.1) is 0 Å². The normalized spacial score (nSPS) is 10.3. The Morgan fingerprint density at radius 2 is 2.33 bits per heavy atom. The van der Waals surface area contributed by atoms with E-state index in [0.29, 0.717) is 0 Å². The molecule has 0 bridgehead atoms. The van der Waals surface area contributed by atoms with Crippen LogP contribution >= 0.6 is 0 Å². The van der Waals surface area contributed by atoms with Crippen LogP contribution in [0.25, 0.3) is 0 Å². The molecule has 0 aliphatic heterocycles. The lowest BCUT2D eigenvalue weighted by molar-refractivity contribution is -0.113. The highest BCUT2D eigenvalue weighted by Gasteiger charge is 1.80. The lowest BCUT2D eigenvalue weighted by atomic mass is 10.2. The molecule has 0 heterocycles. The molecule has 0 fully saturated rings. The number of carbonyl (C=O) groups is 1. The van der Waals surface area contributed by atoms with Gasteiger partial charge < -0.3 is 5.73 Å². The lowest BCUT2D eigenvalue weighted by Gasteiger charge is -1.85. The summed E-state index contributed by atoms with van der Waals surface area (Å²) in [5.41, 5.74) is 4.85. The van der Waals surface area contributed by atoms with E-state index in [1.54, 1.807) is 0 Å². The van der Waals surface area contributed by atoms with E-state index in [0.717, 1.165) is 19.3 Å². The van der Waals surface area contributed by atoms with Crippen molar-refractivity contribution in [3.05, 3.63) is 12.2 Å². The van der Waals surface area contributed by atoms with Crippen molar-refractivity contribution in [1.29, 1.82) is 0 Å². The van der Waals surface area contributed by atoms with Crippen LogP contribution in [-0.2, 0) is 4.79 Å². The van der Waals surface area contributed by atoms with Crippen LogP contribution in [-0.4, -0.2) is 5.91 Å². The molecule has 9 heavy (non-hydrogen) atoms. The predicted molar refractivity (Wildman–Crippen MR) is 37.9 cm³/mol. The third-order valence-electron chi connectivity index (χ3n) is 1.01. The van der Waals surface area contributed by atoms with E-state index in [1.807, 2.05) is 6.08 Å². The number of amides is 1. The zero-order valence-electron chi connectivity index (χ0n) is 5.76. The minimum atomic E-state index is -0.355. The van der Waals surface area contributed by atoms with Crippen LogP contribution in [0.4, 0.5) is 0 Å². The predicted octanol–water partition coefficient (Wildman–Crippen LogP) is 1.22. The van der Waals surface area contributed by atoms with Gasteiger partial charge in [0.15, 0.2) is 0 Å². The molecule has 0 aliphatic carbocycles. The van der Waals surface area contributed by atoms with Gasteiger partial charge in [0.25, 0.3) is 0 Å². The van der Waals surface area contributed by atoms with Crippen LogP contribution < -0.4 is 5.73 Å². The smallest absolute Gasteiger partial charge is 0.241 e. The molecule has 0 aromatic rings. The van der Waals surface area contributed by atoms with Crippen molar-refractivity contribution in [2.24, 2.45) is 5.73 Å². The Hall–Kier alpha value is -0.790. The summed E-state index contributed by atoms with van der Waals surface area (Å²) in [5, 5.41) is 0. The van der Waals surface area contributed by atoms with Crippen molar-refractivity contribution in [3.8, 4) is 0 Å². The van der Waals surface area contributed by atoms with Gasteiger partial charge in [-0.25, -0.2) is 0 Å². The third-order valence-corrected chi connectivity index (χ3v) is 1.01. The minimum Gasteiger partial charge on any atom is -0.366 e. The van der Waals surface area contributed by atoms with E-state index in [-0.39, 0.29) is 5.91 Å². The van der Waals surface area contributed by atoms with E-state index >= 15 is 0 Å². The molecule has 0 aromatic heterocycles. The second-order valence-electron chi connectivity index (χ2n) is 1.95. The summed E-state index contributed by atoms with van der Waals surface area (Å²) in [6, 6.07) is 0. The summed E-state index contributed by atoms with van der Waals surface area (Å²) in [7, 11) is 0. The molecule has 0 rings (SSSR count).